The third-order valence-electron chi connectivity index (χ3n) is 3.70. The van der Waals surface area contributed by atoms with Crippen molar-refractivity contribution in [3.8, 4) is 0 Å². The number of aromatic amines is 1. The Labute approximate surface area is 161 Å². The van der Waals surface area contributed by atoms with E-state index in [-0.39, 0.29) is 17.5 Å². The highest BCUT2D eigenvalue weighted by atomic mass is 32.2. The number of aromatic nitrogens is 3. The minimum Gasteiger partial charge on any atom is -0.355 e. The van der Waals surface area contributed by atoms with Crippen molar-refractivity contribution in [3.63, 3.8) is 0 Å². The predicted molar refractivity (Wildman–Crippen MR) is 106 cm³/mol. The molecule has 7 heteroatoms. The molecule has 0 radical (unpaired) electrons. The van der Waals surface area contributed by atoms with Crippen LogP contribution < -0.4 is 5.32 Å². The number of nitrogens with zero attached hydrogens (tertiary/aromatic N) is 2. The molecule has 0 atom stereocenters. The number of rotatable bonds is 8. The van der Waals surface area contributed by atoms with Gasteiger partial charge in [-0.15, -0.1) is 5.10 Å². The molecule has 0 aliphatic heterocycles. The lowest BCUT2D eigenvalue weighted by molar-refractivity contribution is -0.118. The normalized spacial score (nSPS) is 11.0. The van der Waals surface area contributed by atoms with Crippen LogP contribution in [-0.2, 0) is 11.2 Å². The van der Waals surface area contributed by atoms with Crippen LogP contribution in [0.5, 0.6) is 0 Å². The van der Waals surface area contributed by atoms with Crippen molar-refractivity contribution in [2.24, 2.45) is 0 Å². The van der Waals surface area contributed by atoms with Gasteiger partial charge in [-0.1, -0.05) is 60.3 Å². The highest BCUT2D eigenvalue weighted by Crippen LogP contribution is 2.13. The first-order chi connectivity index (χ1) is 13.2. The smallest absolute Gasteiger partial charge is 0.230 e. The summed E-state index contributed by atoms with van der Waals surface area (Å²) in [5.41, 5.74) is 2.05. The molecule has 0 saturated heterocycles. The Hall–Kier alpha value is -2.93. The Balaban J connectivity index is 1.41. The van der Waals surface area contributed by atoms with E-state index in [0.29, 0.717) is 17.5 Å². The molecule has 0 bridgehead atoms. The van der Waals surface area contributed by atoms with E-state index in [9.17, 15) is 9.18 Å². The fourth-order valence-corrected chi connectivity index (χ4v) is 2.95. The summed E-state index contributed by atoms with van der Waals surface area (Å²) in [6.07, 6.45) is 4.37. The minimum absolute atomic E-state index is 0.0517. The number of amides is 1. The van der Waals surface area contributed by atoms with Gasteiger partial charge in [-0.05, 0) is 35.8 Å². The monoisotopic (exact) mass is 382 g/mol. The molecule has 1 amide bonds. The molecule has 3 aromatic rings. The van der Waals surface area contributed by atoms with E-state index in [4.69, 9.17) is 0 Å². The summed E-state index contributed by atoms with van der Waals surface area (Å²) in [5.74, 6) is 0.510. The van der Waals surface area contributed by atoms with Crippen LogP contribution in [-0.4, -0.2) is 33.4 Å². The summed E-state index contributed by atoms with van der Waals surface area (Å²) >= 11 is 1.27. The van der Waals surface area contributed by atoms with Crippen molar-refractivity contribution in [3.05, 3.63) is 77.4 Å². The van der Waals surface area contributed by atoms with Gasteiger partial charge in [-0.3, -0.25) is 9.89 Å². The Morgan fingerprint density at radius 1 is 1.11 bits per heavy atom. The highest BCUT2D eigenvalue weighted by molar-refractivity contribution is 7.99. The van der Waals surface area contributed by atoms with Gasteiger partial charge in [0.2, 0.25) is 11.1 Å². The van der Waals surface area contributed by atoms with Crippen molar-refractivity contribution in [1.82, 2.24) is 20.5 Å². The van der Waals surface area contributed by atoms with Gasteiger partial charge < -0.3 is 5.32 Å². The van der Waals surface area contributed by atoms with Gasteiger partial charge >= 0.3 is 0 Å². The second-order valence-electron chi connectivity index (χ2n) is 5.76. The first kappa shape index (κ1) is 18.8. The molecule has 0 fully saturated rings. The molecule has 0 aliphatic rings. The van der Waals surface area contributed by atoms with Gasteiger partial charge in [-0.2, -0.15) is 0 Å². The molecule has 27 heavy (non-hydrogen) atoms. The van der Waals surface area contributed by atoms with Crippen LogP contribution in [0.15, 0.2) is 59.8 Å². The summed E-state index contributed by atoms with van der Waals surface area (Å²) in [6, 6.07) is 16.2. The molecule has 138 valence electrons. The van der Waals surface area contributed by atoms with E-state index in [1.807, 2.05) is 36.4 Å². The van der Waals surface area contributed by atoms with Crippen LogP contribution in [0.4, 0.5) is 4.39 Å². The Kier molecular flexibility index (Phi) is 6.76. The summed E-state index contributed by atoms with van der Waals surface area (Å²) < 4.78 is 12.9. The Morgan fingerprint density at radius 3 is 2.67 bits per heavy atom. The average molecular weight is 382 g/mol. The SMILES string of the molecule is O=C(CSc1n[nH]c(/C=C/c2ccc(F)cc2)n1)NCCc1ccccc1. The zero-order valence-electron chi connectivity index (χ0n) is 14.6. The Morgan fingerprint density at radius 2 is 1.89 bits per heavy atom. The lowest BCUT2D eigenvalue weighted by atomic mass is 10.1. The quantitative estimate of drug-likeness (QED) is 0.585. The highest BCUT2D eigenvalue weighted by Gasteiger charge is 2.06. The fourth-order valence-electron chi connectivity index (χ4n) is 2.32. The zero-order chi connectivity index (χ0) is 18.9. The van der Waals surface area contributed by atoms with E-state index in [0.717, 1.165) is 12.0 Å². The van der Waals surface area contributed by atoms with Crippen LogP contribution in [0.2, 0.25) is 0 Å². The minimum atomic E-state index is -0.271. The van der Waals surface area contributed by atoms with Gasteiger partial charge in [0.1, 0.15) is 11.6 Å². The molecule has 3 rings (SSSR count). The first-order valence-electron chi connectivity index (χ1n) is 8.48. The van der Waals surface area contributed by atoms with Crippen molar-refractivity contribution >= 4 is 29.8 Å². The number of carbonyl (C=O) groups excluding carboxylic acids is 1. The molecule has 0 saturated carbocycles. The zero-order valence-corrected chi connectivity index (χ0v) is 15.4. The molecule has 5 nitrogen and oxygen atoms in total. The van der Waals surface area contributed by atoms with Crippen molar-refractivity contribution < 1.29 is 9.18 Å². The number of halogens is 1. The third-order valence-corrected chi connectivity index (χ3v) is 4.54. The number of hydrogen-bond donors (Lipinski definition) is 2. The fraction of sp³-hybridized carbons (Fsp3) is 0.150. The molecule has 2 N–H and O–H groups in total. The number of hydrogen-bond acceptors (Lipinski definition) is 4. The number of carbonyl (C=O) groups is 1. The van der Waals surface area contributed by atoms with E-state index < -0.39 is 0 Å². The van der Waals surface area contributed by atoms with Crippen LogP contribution >= 0.6 is 11.8 Å². The number of nitrogens with one attached hydrogen (secondary N) is 2. The van der Waals surface area contributed by atoms with Gasteiger partial charge in [0.05, 0.1) is 5.75 Å². The van der Waals surface area contributed by atoms with Crippen molar-refractivity contribution in [2.45, 2.75) is 11.6 Å². The Bertz CT molecular complexity index is 894. The second-order valence-corrected chi connectivity index (χ2v) is 6.70. The standard InChI is InChI=1S/C20H19FN4OS/c21-17-9-6-16(7-10-17)8-11-18-23-20(25-24-18)27-14-19(26)22-13-12-15-4-2-1-3-5-15/h1-11H,12-14H2,(H,22,26)(H,23,24,25)/b11-8+. The molecule has 0 spiro atoms. The van der Waals surface area contributed by atoms with Crippen LogP contribution in [0.3, 0.4) is 0 Å². The molecule has 0 unspecified atom stereocenters. The van der Waals surface area contributed by atoms with Gasteiger partial charge in [0.15, 0.2) is 0 Å². The summed E-state index contributed by atoms with van der Waals surface area (Å²) in [7, 11) is 0. The lowest BCUT2D eigenvalue weighted by Crippen LogP contribution is -2.27. The first-order valence-corrected chi connectivity index (χ1v) is 9.47. The number of benzene rings is 2. The number of thioether (sulfide) groups is 1. The van der Waals surface area contributed by atoms with Gasteiger partial charge in [0.25, 0.3) is 0 Å². The largest absolute Gasteiger partial charge is 0.355 e. The van der Waals surface area contributed by atoms with Crippen LogP contribution in [0.25, 0.3) is 12.2 Å². The topological polar surface area (TPSA) is 70.7 Å². The maximum absolute atomic E-state index is 12.9. The van der Waals surface area contributed by atoms with Crippen LogP contribution in [0, 0.1) is 5.82 Å². The van der Waals surface area contributed by atoms with Gasteiger partial charge in [0, 0.05) is 6.54 Å². The summed E-state index contributed by atoms with van der Waals surface area (Å²) in [6.45, 7) is 0.600. The lowest BCUT2D eigenvalue weighted by Gasteiger charge is -2.04. The van der Waals surface area contributed by atoms with E-state index >= 15 is 0 Å². The molecule has 1 heterocycles. The van der Waals surface area contributed by atoms with Crippen molar-refractivity contribution in [2.75, 3.05) is 12.3 Å². The molecule has 0 aliphatic carbocycles. The maximum atomic E-state index is 12.9. The number of H-pyrrole nitrogens is 1. The maximum Gasteiger partial charge on any atom is 0.230 e. The summed E-state index contributed by atoms with van der Waals surface area (Å²) in [5, 5.41) is 10.3. The van der Waals surface area contributed by atoms with Crippen molar-refractivity contribution in [1.29, 1.82) is 0 Å². The van der Waals surface area contributed by atoms with E-state index in [1.165, 1.54) is 29.5 Å². The van der Waals surface area contributed by atoms with Gasteiger partial charge in [-0.25, -0.2) is 9.37 Å². The van der Waals surface area contributed by atoms with E-state index in [1.54, 1.807) is 18.2 Å². The molecule has 2 aromatic carbocycles. The predicted octanol–water partition coefficient (Wildman–Crippen LogP) is 3.57. The molecular formula is C20H19FN4OS. The third kappa shape index (κ3) is 6.38. The van der Waals surface area contributed by atoms with E-state index in [2.05, 4.69) is 20.5 Å². The summed E-state index contributed by atoms with van der Waals surface area (Å²) in [4.78, 5) is 16.2. The average Bonchev–Trinajstić information content (AvgIpc) is 3.15. The molecular weight excluding hydrogens is 363 g/mol. The second kappa shape index (κ2) is 9.68. The van der Waals surface area contributed by atoms with Crippen LogP contribution in [0.1, 0.15) is 17.0 Å². The molecule has 1 aromatic heterocycles.